The highest BCUT2D eigenvalue weighted by Gasteiger charge is 2.16. The molecule has 100 valence electrons. The fourth-order valence-electron chi connectivity index (χ4n) is 1.90. The van der Waals surface area contributed by atoms with E-state index in [1.807, 2.05) is 31.2 Å². The molecule has 2 N–H and O–H groups in total. The molecule has 0 aromatic heterocycles. The maximum atomic E-state index is 14.0. The number of nitrogens with zero attached hydrogens (tertiary/aromatic N) is 1. The van der Waals surface area contributed by atoms with E-state index in [-0.39, 0.29) is 17.8 Å². The predicted octanol–water partition coefficient (Wildman–Crippen LogP) is 3.50. The lowest BCUT2D eigenvalue weighted by molar-refractivity contribution is 0.500. The van der Waals surface area contributed by atoms with Crippen LogP contribution in [0.4, 0.5) is 20.2 Å². The summed E-state index contributed by atoms with van der Waals surface area (Å²) in [5.74, 6) is -1.75. The summed E-state index contributed by atoms with van der Waals surface area (Å²) in [6.07, 6.45) is 0. The molecule has 0 saturated carbocycles. The van der Waals surface area contributed by atoms with Crippen molar-refractivity contribution in [1.82, 2.24) is 0 Å². The van der Waals surface area contributed by atoms with Crippen LogP contribution in [0.15, 0.2) is 36.4 Å². The molecule has 0 aliphatic carbocycles. The van der Waals surface area contributed by atoms with Crippen molar-refractivity contribution in [3.63, 3.8) is 0 Å². The summed E-state index contributed by atoms with van der Waals surface area (Å²) in [6.45, 7) is 1.96. The number of rotatable bonds is 3. The van der Waals surface area contributed by atoms with Crippen LogP contribution in [0.3, 0.4) is 0 Å². The molecule has 0 fully saturated rings. The molecule has 0 unspecified atom stereocenters. The van der Waals surface area contributed by atoms with Gasteiger partial charge in [-0.2, -0.15) is 0 Å². The minimum Gasteiger partial charge on any atom is -0.342 e. The van der Waals surface area contributed by atoms with Gasteiger partial charge in [0.1, 0.15) is 0 Å². The van der Waals surface area contributed by atoms with Crippen molar-refractivity contribution in [2.75, 3.05) is 11.9 Å². The van der Waals surface area contributed by atoms with E-state index in [0.717, 1.165) is 11.3 Å². The molecule has 0 aliphatic heterocycles. The molecule has 2 aromatic rings. The Labute approximate surface area is 111 Å². The summed E-state index contributed by atoms with van der Waals surface area (Å²) < 4.78 is 27.7. The summed E-state index contributed by atoms with van der Waals surface area (Å²) in [5.41, 5.74) is 7.63. The van der Waals surface area contributed by atoms with Crippen LogP contribution in [-0.4, -0.2) is 7.05 Å². The third-order valence-electron chi connectivity index (χ3n) is 3.14. The molecular weight excluding hydrogens is 246 g/mol. The molecular formula is C15H16F2N2. The van der Waals surface area contributed by atoms with Gasteiger partial charge < -0.3 is 10.6 Å². The standard InChI is InChI=1S/C15H16F2N2/c1-10-3-6-12(7-4-10)19(2)13-8-5-11(9-18)14(16)15(13)17/h3-8H,9,18H2,1-2H3. The first-order valence-corrected chi connectivity index (χ1v) is 6.02. The first kappa shape index (κ1) is 13.5. The SMILES string of the molecule is Cc1ccc(N(C)c2ccc(CN)c(F)c2F)cc1. The zero-order chi connectivity index (χ0) is 14.0. The van der Waals surface area contributed by atoms with Crippen LogP contribution in [0, 0.1) is 18.6 Å². The van der Waals surface area contributed by atoms with E-state index >= 15 is 0 Å². The van der Waals surface area contributed by atoms with Crippen LogP contribution < -0.4 is 10.6 Å². The van der Waals surface area contributed by atoms with Gasteiger partial charge in [0.25, 0.3) is 0 Å². The van der Waals surface area contributed by atoms with E-state index in [1.54, 1.807) is 18.0 Å². The van der Waals surface area contributed by atoms with Crippen molar-refractivity contribution in [3.8, 4) is 0 Å². The summed E-state index contributed by atoms with van der Waals surface area (Å²) in [4.78, 5) is 1.61. The molecule has 19 heavy (non-hydrogen) atoms. The third kappa shape index (κ3) is 2.58. The molecule has 0 spiro atoms. The maximum absolute atomic E-state index is 14.0. The Morgan fingerprint density at radius 2 is 1.63 bits per heavy atom. The molecule has 0 saturated heterocycles. The molecule has 0 bridgehead atoms. The maximum Gasteiger partial charge on any atom is 0.182 e. The van der Waals surface area contributed by atoms with Crippen molar-refractivity contribution in [3.05, 3.63) is 59.2 Å². The molecule has 0 radical (unpaired) electrons. The van der Waals surface area contributed by atoms with Gasteiger partial charge in [-0.15, -0.1) is 0 Å². The Kier molecular flexibility index (Phi) is 3.81. The average Bonchev–Trinajstić information content (AvgIpc) is 2.42. The zero-order valence-corrected chi connectivity index (χ0v) is 11.0. The molecule has 0 amide bonds. The van der Waals surface area contributed by atoms with Gasteiger partial charge in [-0.3, -0.25) is 0 Å². The first-order chi connectivity index (χ1) is 9.04. The van der Waals surface area contributed by atoms with Crippen LogP contribution >= 0.6 is 0 Å². The molecule has 2 nitrogen and oxygen atoms in total. The number of hydrogen-bond donors (Lipinski definition) is 1. The van der Waals surface area contributed by atoms with Gasteiger partial charge in [-0.1, -0.05) is 23.8 Å². The minimum absolute atomic E-state index is 0.0166. The van der Waals surface area contributed by atoms with Gasteiger partial charge >= 0.3 is 0 Å². The molecule has 0 aliphatic rings. The second-order valence-electron chi connectivity index (χ2n) is 4.47. The Morgan fingerprint density at radius 3 is 2.21 bits per heavy atom. The van der Waals surface area contributed by atoms with Crippen LogP contribution in [0.5, 0.6) is 0 Å². The quantitative estimate of drug-likeness (QED) is 0.917. The summed E-state index contributed by atoms with van der Waals surface area (Å²) in [6, 6.07) is 10.6. The Morgan fingerprint density at radius 1 is 1.00 bits per heavy atom. The van der Waals surface area contributed by atoms with E-state index < -0.39 is 11.6 Å². The van der Waals surface area contributed by atoms with Crippen molar-refractivity contribution in [2.24, 2.45) is 5.73 Å². The van der Waals surface area contributed by atoms with Gasteiger partial charge in [-0.05, 0) is 25.1 Å². The molecule has 0 heterocycles. The fourth-order valence-corrected chi connectivity index (χ4v) is 1.90. The Balaban J connectivity index is 2.41. The van der Waals surface area contributed by atoms with Gasteiger partial charge in [0, 0.05) is 24.8 Å². The third-order valence-corrected chi connectivity index (χ3v) is 3.14. The normalized spacial score (nSPS) is 10.6. The fraction of sp³-hybridized carbons (Fsp3) is 0.200. The lowest BCUT2D eigenvalue weighted by atomic mass is 10.1. The van der Waals surface area contributed by atoms with Gasteiger partial charge in [0.05, 0.1) is 5.69 Å². The summed E-state index contributed by atoms with van der Waals surface area (Å²) in [7, 11) is 1.70. The molecule has 4 heteroatoms. The van der Waals surface area contributed by atoms with Gasteiger partial charge in [0.2, 0.25) is 0 Å². The number of nitrogens with two attached hydrogens (primary N) is 1. The van der Waals surface area contributed by atoms with E-state index in [2.05, 4.69) is 0 Å². The first-order valence-electron chi connectivity index (χ1n) is 6.02. The number of hydrogen-bond acceptors (Lipinski definition) is 2. The van der Waals surface area contributed by atoms with Crippen LogP contribution in [0.1, 0.15) is 11.1 Å². The number of aryl methyl sites for hydroxylation is 1. The molecule has 0 atom stereocenters. The van der Waals surface area contributed by atoms with Crippen LogP contribution in [0.25, 0.3) is 0 Å². The van der Waals surface area contributed by atoms with Crippen molar-refractivity contribution in [2.45, 2.75) is 13.5 Å². The van der Waals surface area contributed by atoms with Crippen molar-refractivity contribution >= 4 is 11.4 Å². The highest BCUT2D eigenvalue weighted by atomic mass is 19.2. The topological polar surface area (TPSA) is 29.3 Å². The predicted molar refractivity (Wildman–Crippen MR) is 73.5 cm³/mol. The van der Waals surface area contributed by atoms with E-state index in [9.17, 15) is 8.78 Å². The monoisotopic (exact) mass is 262 g/mol. The lowest BCUT2D eigenvalue weighted by Crippen LogP contribution is -2.13. The highest BCUT2D eigenvalue weighted by molar-refractivity contribution is 5.63. The second-order valence-corrected chi connectivity index (χ2v) is 4.47. The van der Waals surface area contributed by atoms with Crippen LogP contribution in [-0.2, 0) is 6.54 Å². The number of halogens is 2. The van der Waals surface area contributed by atoms with E-state index in [1.165, 1.54) is 6.07 Å². The Bertz CT molecular complexity index is 579. The lowest BCUT2D eigenvalue weighted by Gasteiger charge is -2.21. The molecule has 2 aromatic carbocycles. The summed E-state index contributed by atoms with van der Waals surface area (Å²) in [5, 5.41) is 0. The minimum atomic E-state index is -0.876. The largest absolute Gasteiger partial charge is 0.342 e. The number of anilines is 2. The Hall–Kier alpha value is -1.94. The smallest absolute Gasteiger partial charge is 0.182 e. The van der Waals surface area contributed by atoms with Gasteiger partial charge in [-0.25, -0.2) is 8.78 Å². The van der Waals surface area contributed by atoms with Gasteiger partial charge in [0.15, 0.2) is 11.6 Å². The zero-order valence-electron chi connectivity index (χ0n) is 11.0. The van der Waals surface area contributed by atoms with E-state index in [0.29, 0.717) is 0 Å². The number of benzene rings is 2. The van der Waals surface area contributed by atoms with Crippen LogP contribution in [0.2, 0.25) is 0 Å². The van der Waals surface area contributed by atoms with Crippen molar-refractivity contribution < 1.29 is 8.78 Å². The average molecular weight is 262 g/mol. The highest BCUT2D eigenvalue weighted by Crippen LogP contribution is 2.29. The van der Waals surface area contributed by atoms with E-state index in [4.69, 9.17) is 5.73 Å². The molecule has 2 rings (SSSR count). The summed E-state index contributed by atoms with van der Waals surface area (Å²) >= 11 is 0. The van der Waals surface area contributed by atoms with Crippen molar-refractivity contribution in [1.29, 1.82) is 0 Å². The second kappa shape index (κ2) is 5.36.